The summed E-state index contributed by atoms with van der Waals surface area (Å²) in [5, 5.41) is 14.6. The van der Waals surface area contributed by atoms with Gasteiger partial charge in [0.1, 0.15) is 23.5 Å². The molecular weight excluding hydrogens is 452 g/mol. The fourth-order valence-electron chi connectivity index (χ4n) is 4.72. The van der Waals surface area contributed by atoms with E-state index in [9.17, 15) is 14.9 Å². The number of para-hydroxylation sites is 1. The Labute approximate surface area is 209 Å². The fourth-order valence-corrected chi connectivity index (χ4v) is 4.72. The molecule has 7 nitrogen and oxygen atoms in total. The van der Waals surface area contributed by atoms with Crippen LogP contribution in [0.25, 0.3) is 23.0 Å². The number of nitrogens with zero attached hydrogens (tertiary/aromatic N) is 4. The molecule has 3 heterocycles. The third-order valence-electron chi connectivity index (χ3n) is 6.52. The number of carbonyl (C=O) groups is 2. The predicted molar refractivity (Wildman–Crippen MR) is 136 cm³/mol. The van der Waals surface area contributed by atoms with E-state index in [2.05, 4.69) is 6.07 Å². The van der Waals surface area contributed by atoms with Crippen LogP contribution < -0.4 is 4.74 Å². The Bertz CT molecular complexity index is 1490. The highest BCUT2D eigenvalue weighted by atomic mass is 16.5. The van der Waals surface area contributed by atoms with Crippen LogP contribution in [0.3, 0.4) is 0 Å². The van der Waals surface area contributed by atoms with Gasteiger partial charge in [0.05, 0.1) is 11.4 Å². The maximum Gasteiger partial charge on any atom is 0.271 e. The summed E-state index contributed by atoms with van der Waals surface area (Å²) in [5.74, 6) is -0.0965. The lowest BCUT2D eigenvalue weighted by Gasteiger charge is -2.30. The van der Waals surface area contributed by atoms with E-state index in [0.29, 0.717) is 22.4 Å². The highest BCUT2D eigenvalue weighted by molar-refractivity contribution is 6.20. The second kappa shape index (κ2) is 8.97. The first-order chi connectivity index (χ1) is 17.3. The zero-order valence-electron chi connectivity index (χ0n) is 20.6. The van der Waals surface area contributed by atoms with Gasteiger partial charge >= 0.3 is 0 Å². The van der Waals surface area contributed by atoms with E-state index in [1.807, 2.05) is 61.7 Å². The van der Waals surface area contributed by atoms with E-state index in [1.54, 1.807) is 31.5 Å². The molecule has 1 atom stereocenters. The second-order valence-electron chi connectivity index (χ2n) is 9.41. The molecule has 0 bridgehead atoms. The maximum absolute atomic E-state index is 13.4. The minimum Gasteiger partial charge on any atom is -0.490 e. The van der Waals surface area contributed by atoms with Gasteiger partial charge in [0.25, 0.3) is 11.8 Å². The molecule has 0 saturated heterocycles. The van der Waals surface area contributed by atoms with Crippen molar-refractivity contribution in [3.8, 4) is 28.8 Å². The lowest BCUT2D eigenvalue weighted by atomic mass is 9.92. The summed E-state index contributed by atoms with van der Waals surface area (Å²) in [4.78, 5) is 27.4. The molecule has 180 valence electrons. The van der Waals surface area contributed by atoms with Crippen LogP contribution in [-0.4, -0.2) is 38.6 Å². The molecule has 2 aliphatic heterocycles. The van der Waals surface area contributed by atoms with E-state index in [1.165, 1.54) is 0 Å². The molecule has 1 unspecified atom stereocenters. The second-order valence-corrected chi connectivity index (χ2v) is 9.41. The van der Waals surface area contributed by atoms with Crippen molar-refractivity contribution in [3.63, 3.8) is 0 Å². The summed E-state index contributed by atoms with van der Waals surface area (Å²) in [6.07, 6.45) is 4.55. The third-order valence-corrected chi connectivity index (χ3v) is 6.52. The minimum atomic E-state index is -0.555. The molecule has 5 rings (SSSR count). The van der Waals surface area contributed by atoms with Gasteiger partial charge in [-0.1, -0.05) is 18.2 Å². The number of carbonyl (C=O) groups excluding carboxylic acids is 2. The van der Waals surface area contributed by atoms with Crippen molar-refractivity contribution in [2.75, 3.05) is 0 Å². The third kappa shape index (κ3) is 3.91. The molecule has 2 amide bonds. The molecular formula is C29H26N4O3. The average Bonchev–Trinajstić information content (AvgIpc) is 3.44. The molecule has 3 aromatic rings. The quantitative estimate of drug-likeness (QED) is 0.395. The van der Waals surface area contributed by atoms with Gasteiger partial charge in [-0.2, -0.15) is 10.4 Å². The van der Waals surface area contributed by atoms with Crippen molar-refractivity contribution in [1.29, 1.82) is 5.26 Å². The Balaban J connectivity index is 1.70. The Hall–Kier alpha value is -4.44. The van der Waals surface area contributed by atoms with E-state index in [-0.39, 0.29) is 17.7 Å². The molecule has 0 aliphatic carbocycles. The number of fused-ring (bicyclic) bond motifs is 1. The number of benzene rings is 2. The molecule has 2 aromatic carbocycles. The monoisotopic (exact) mass is 478 g/mol. The number of imide groups is 1. The number of hydrogen-bond donors (Lipinski definition) is 0. The first kappa shape index (κ1) is 23.3. The molecule has 0 radical (unpaired) electrons. The molecule has 7 heteroatoms. The zero-order valence-corrected chi connectivity index (χ0v) is 20.6. The summed E-state index contributed by atoms with van der Waals surface area (Å²) >= 11 is 0. The number of aromatic nitrogens is 2. The SMILES string of the molecule is CC1=C(C#N)C(=O)N(C(C)C)C(=O)/C1=C/c1cn(-c2ccccc2)nc1-c1ccc2c(c1)CC(C)O2. The lowest BCUT2D eigenvalue weighted by Crippen LogP contribution is -2.46. The summed E-state index contributed by atoms with van der Waals surface area (Å²) in [5.41, 5.74) is 4.96. The number of ether oxygens (including phenoxy) is 1. The van der Waals surface area contributed by atoms with Gasteiger partial charge in [-0.05, 0) is 75.2 Å². The molecule has 0 fully saturated rings. The van der Waals surface area contributed by atoms with Gasteiger partial charge in [-0.15, -0.1) is 0 Å². The van der Waals surface area contributed by atoms with Crippen LogP contribution >= 0.6 is 0 Å². The van der Waals surface area contributed by atoms with Crippen molar-refractivity contribution < 1.29 is 14.3 Å². The summed E-state index contributed by atoms with van der Waals surface area (Å²) in [6, 6.07) is 17.3. The van der Waals surface area contributed by atoms with Crippen LogP contribution in [-0.2, 0) is 16.0 Å². The zero-order chi connectivity index (χ0) is 25.6. The van der Waals surface area contributed by atoms with Gasteiger partial charge in [0, 0.05) is 35.4 Å². The minimum absolute atomic E-state index is 0.0183. The lowest BCUT2D eigenvalue weighted by molar-refractivity contribution is -0.142. The topological polar surface area (TPSA) is 88.2 Å². The standard InChI is InChI=1S/C29H26N4O3/c1-17(2)33-28(34)24(19(4)25(15-30)29(33)35)14-22-16-32(23-8-6-5-7-9-23)31-27(22)20-10-11-26-21(13-20)12-18(3)36-26/h5-11,13-14,16-18H,12H2,1-4H3/b24-14+. The van der Waals surface area contributed by atoms with Gasteiger partial charge in [0.15, 0.2) is 0 Å². The van der Waals surface area contributed by atoms with Crippen LogP contribution in [0.5, 0.6) is 5.75 Å². The Kier molecular flexibility index (Phi) is 5.81. The Morgan fingerprint density at radius 3 is 2.58 bits per heavy atom. The molecule has 36 heavy (non-hydrogen) atoms. The molecule has 2 aliphatic rings. The van der Waals surface area contributed by atoms with Crippen LogP contribution in [0.2, 0.25) is 0 Å². The first-order valence-corrected chi connectivity index (χ1v) is 11.9. The van der Waals surface area contributed by atoms with E-state index in [4.69, 9.17) is 9.84 Å². The fraction of sp³-hybridized carbons (Fsp3) is 0.241. The highest BCUT2D eigenvalue weighted by Gasteiger charge is 2.37. The van der Waals surface area contributed by atoms with E-state index >= 15 is 0 Å². The van der Waals surface area contributed by atoms with Crippen LogP contribution in [0.1, 0.15) is 38.8 Å². The van der Waals surface area contributed by atoms with Crippen molar-refractivity contribution in [3.05, 3.63) is 82.6 Å². The molecule has 1 aromatic heterocycles. The smallest absolute Gasteiger partial charge is 0.271 e. The molecule has 0 spiro atoms. The van der Waals surface area contributed by atoms with Gasteiger partial charge in [-0.3, -0.25) is 14.5 Å². The van der Waals surface area contributed by atoms with Crippen molar-refractivity contribution in [1.82, 2.24) is 14.7 Å². The first-order valence-electron chi connectivity index (χ1n) is 11.9. The Morgan fingerprint density at radius 1 is 1.14 bits per heavy atom. The van der Waals surface area contributed by atoms with Gasteiger partial charge in [0.2, 0.25) is 0 Å². The summed E-state index contributed by atoms with van der Waals surface area (Å²) < 4.78 is 7.64. The highest BCUT2D eigenvalue weighted by Crippen LogP contribution is 2.35. The number of hydrogen-bond acceptors (Lipinski definition) is 5. The average molecular weight is 479 g/mol. The van der Waals surface area contributed by atoms with Gasteiger partial charge in [-0.25, -0.2) is 4.68 Å². The Morgan fingerprint density at radius 2 is 1.89 bits per heavy atom. The van der Waals surface area contributed by atoms with E-state index < -0.39 is 11.8 Å². The number of nitriles is 1. The normalized spacial score (nSPS) is 18.6. The molecule has 0 saturated carbocycles. The number of rotatable bonds is 4. The van der Waals surface area contributed by atoms with Crippen molar-refractivity contribution in [2.45, 2.75) is 46.3 Å². The summed E-state index contributed by atoms with van der Waals surface area (Å²) in [7, 11) is 0. The van der Waals surface area contributed by atoms with Crippen molar-refractivity contribution in [2.24, 2.45) is 0 Å². The van der Waals surface area contributed by atoms with Gasteiger partial charge < -0.3 is 4.74 Å². The predicted octanol–water partition coefficient (Wildman–Crippen LogP) is 4.86. The summed E-state index contributed by atoms with van der Waals surface area (Å²) in [6.45, 7) is 7.20. The van der Waals surface area contributed by atoms with E-state index in [0.717, 1.165) is 33.9 Å². The largest absolute Gasteiger partial charge is 0.490 e. The number of amides is 2. The van der Waals surface area contributed by atoms with Crippen LogP contribution in [0.4, 0.5) is 0 Å². The molecule has 0 N–H and O–H groups in total. The maximum atomic E-state index is 13.4. The van der Waals surface area contributed by atoms with Crippen molar-refractivity contribution >= 4 is 17.9 Å². The van der Waals surface area contributed by atoms with Crippen LogP contribution in [0, 0.1) is 11.3 Å². The van der Waals surface area contributed by atoms with Crippen LogP contribution in [0.15, 0.2) is 71.4 Å².